The van der Waals surface area contributed by atoms with Gasteiger partial charge < -0.3 is 30.4 Å². The van der Waals surface area contributed by atoms with Gasteiger partial charge in [0, 0.05) is 30.3 Å². The van der Waals surface area contributed by atoms with Gasteiger partial charge in [0.05, 0.1) is 13.2 Å². The average molecular weight is 515 g/mol. The molecule has 0 bridgehead atoms. The first kappa shape index (κ1) is 27.7. The number of carbonyl (C=O) groups is 5. The van der Waals surface area contributed by atoms with Gasteiger partial charge >= 0.3 is 5.97 Å². The molecule has 2 aromatic rings. The van der Waals surface area contributed by atoms with Crippen LogP contribution >= 0.6 is 0 Å². The van der Waals surface area contributed by atoms with Crippen LogP contribution in [0.5, 0.6) is 5.75 Å². The van der Waals surface area contributed by atoms with Gasteiger partial charge in [-0.05, 0) is 43.4 Å². The van der Waals surface area contributed by atoms with Gasteiger partial charge in [-0.15, -0.1) is 0 Å². The molecule has 2 unspecified atom stereocenters. The van der Waals surface area contributed by atoms with Crippen LogP contribution in [0.3, 0.4) is 0 Å². The number of rotatable bonds is 12. The van der Waals surface area contributed by atoms with Gasteiger partial charge in [-0.2, -0.15) is 0 Å². The molecule has 3 rings (SSSR count). The van der Waals surface area contributed by atoms with Crippen molar-refractivity contribution < 1.29 is 33.4 Å². The van der Waals surface area contributed by atoms with Crippen molar-refractivity contribution in [3.8, 4) is 5.75 Å². The Bertz CT molecular complexity index is 1170. The Balaban J connectivity index is 1.77. The molecule has 0 radical (unpaired) electrons. The lowest BCUT2D eigenvalue weighted by Crippen LogP contribution is -2.53. The van der Waals surface area contributed by atoms with E-state index in [2.05, 4.69) is 20.9 Å². The highest BCUT2D eigenvalue weighted by atomic mass is 16.5. The Morgan fingerprint density at radius 1 is 1.14 bits per heavy atom. The predicted molar refractivity (Wildman–Crippen MR) is 135 cm³/mol. The number of amides is 3. The van der Waals surface area contributed by atoms with Gasteiger partial charge in [0.15, 0.2) is 12.4 Å². The Morgan fingerprint density at radius 3 is 2.51 bits per heavy atom. The van der Waals surface area contributed by atoms with Gasteiger partial charge in [0.2, 0.25) is 11.8 Å². The minimum absolute atomic E-state index is 0.0506. The zero-order valence-corrected chi connectivity index (χ0v) is 21.5. The van der Waals surface area contributed by atoms with Crippen LogP contribution in [0.15, 0.2) is 24.3 Å². The predicted octanol–water partition coefficient (Wildman–Crippen LogP) is 1.46. The van der Waals surface area contributed by atoms with Crippen molar-refractivity contribution in [1.29, 1.82) is 0 Å². The number of esters is 1. The monoisotopic (exact) mass is 514 g/mol. The summed E-state index contributed by atoms with van der Waals surface area (Å²) in [5, 5.41) is 8.89. The first-order chi connectivity index (χ1) is 17.6. The number of hydrogen-bond donors (Lipinski definition) is 4. The minimum Gasteiger partial charge on any atom is -0.496 e. The maximum atomic E-state index is 13.3. The SMILES string of the molecule is COc1cccc2[nH]c(C(=O)NC(CC(C)C)C(=O)NC(C[C@@H]3CCNC3=O)C(=O)COC(C)=O)cc12. The molecule has 11 heteroatoms. The molecule has 1 saturated heterocycles. The summed E-state index contributed by atoms with van der Waals surface area (Å²) in [6, 6.07) is 5.05. The molecule has 1 aromatic carbocycles. The van der Waals surface area contributed by atoms with Crippen molar-refractivity contribution in [2.75, 3.05) is 20.3 Å². The number of aromatic amines is 1. The highest BCUT2D eigenvalue weighted by molar-refractivity contribution is 6.02. The standard InChI is InChI=1S/C26H34N4O7/c1-14(2)10-20(30-26(35)21-12-17-18(28-21)6-5-7-23(17)36-4)25(34)29-19(22(32)13-37-15(3)31)11-16-8-9-27-24(16)33/h5-7,12,14,16,19-20,28H,8-11,13H2,1-4H3,(H,27,33)(H,29,34)(H,30,35)/t16-,19?,20?/m0/s1. The lowest BCUT2D eigenvalue weighted by molar-refractivity contribution is -0.146. The number of ketones is 1. The third kappa shape index (κ3) is 7.31. The number of nitrogens with one attached hydrogen (secondary N) is 4. The highest BCUT2D eigenvalue weighted by Gasteiger charge is 2.33. The lowest BCUT2D eigenvalue weighted by Gasteiger charge is -2.25. The Hall–Kier alpha value is -3.89. The number of Topliss-reactive ketones (excluding diaryl/α,β-unsaturated/α-hetero) is 1. The van der Waals surface area contributed by atoms with Gasteiger partial charge in [-0.1, -0.05) is 19.9 Å². The summed E-state index contributed by atoms with van der Waals surface area (Å²) < 4.78 is 10.2. The molecule has 1 aliphatic heterocycles. The molecule has 37 heavy (non-hydrogen) atoms. The quantitative estimate of drug-likeness (QED) is 0.313. The zero-order valence-electron chi connectivity index (χ0n) is 21.5. The van der Waals surface area contributed by atoms with E-state index in [1.165, 1.54) is 6.92 Å². The van der Waals surface area contributed by atoms with Crippen molar-refractivity contribution in [2.24, 2.45) is 11.8 Å². The van der Waals surface area contributed by atoms with Crippen LogP contribution in [0.1, 0.15) is 50.5 Å². The van der Waals surface area contributed by atoms with E-state index in [1.54, 1.807) is 25.3 Å². The highest BCUT2D eigenvalue weighted by Crippen LogP contribution is 2.26. The smallest absolute Gasteiger partial charge is 0.303 e. The van der Waals surface area contributed by atoms with Crippen molar-refractivity contribution in [1.82, 2.24) is 20.9 Å². The van der Waals surface area contributed by atoms with E-state index in [0.29, 0.717) is 30.7 Å². The number of ether oxygens (including phenoxy) is 2. The van der Waals surface area contributed by atoms with E-state index in [9.17, 15) is 24.0 Å². The molecule has 11 nitrogen and oxygen atoms in total. The number of hydrogen-bond acceptors (Lipinski definition) is 7. The molecular formula is C26H34N4O7. The van der Waals surface area contributed by atoms with Gasteiger partial charge in [0.25, 0.3) is 5.91 Å². The molecule has 3 atom stereocenters. The topological polar surface area (TPSA) is 156 Å². The fourth-order valence-electron chi connectivity index (χ4n) is 4.34. The average Bonchev–Trinajstić information content (AvgIpc) is 3.47. The van der Waals surface area contributed by atoms with Crippen LogP contribution in [0.4, 0.5) is 0 Å². The van der Waals surface area contributed by atoms with E-state index in [-0.39, 0.29) is 23.9 Å². The van der Waals surface area contributed by atoms with E-state index in [4.69, 9.17) is 9.47 Å². The number of aromatic nitrogens is 1. The first-order valence-corrected chi connectivity index (χ1v) is 12.3. The van der Waals surface area contributed by atoms with Gasteiger partial charge in [-0.25, -0.2) is 0 Å². The summed E-state index contributed by atoms with van der Waals surface area (Å²) in [7, 11) is 1.54. The molecule has 4 N–H and O–H groups in total. The van der Waals surface area contributed by atoms with Crippen LogP contribution in [0.25, 0.3) is 10.9 Å². The third-order valence-corrected chi connectivity index (χ3v) is 6.22. The zero-order chi connectivity index (χ0) is 27.1. The van der Waals surface area contributed by atoms with Crippen LogP contribution in [0.2, 0.25) is 0 Å². The summed E-state index contributed by atoms with van der Waals surface area (Å²) in [6.07, 6.45) is 0.916. The molecule has 0 saturated carbocycles. The van der Waals surface area contributed by atoms with E-state index >= 15 is 0 Å². The fourth-order valence-corrected chi connectivity index (χ4v) is 4.34. The molecule has 1 aromatic heterocycles. The Kier molecular flexibility index (Phi) is 9.26. The molecule has 2 heterocycles. The second-order valence-corrected chi connectivity index (χ2v) is 9.58. The van der Waals surface area contributed by atoms with E-state index < -0.39 is 48.2 Å². The Labute approximate surface area is 215 Å². The minimum atomic E-state index is -1.05. The molecular weight excluding hydrogens is 480 g/mol. The largest absolute Gasteiger partial charge is 0.496 e. The summed E-state index contributed by atoms with van der Waals surface area (Å²) >= 11 is 0. The van der Waals surface area contributed by atoms with E-state index in [1.807, 2.05) is 19.9 Å². The number of carbonyl (C=O) groups excluding carboxylic acids is 5. The molecule has 0 spiro atoms. The van der Waals surface area contributed by atoms with Crippen LogP contribution in [-0.2, 0) is 23.9 Å². The number of benzene rings is 1. The third-order valence-electron chi connectivity index (χ3n) is 6.22. The van der Waals surface area contributed by atoms with Crippen molar-refractivity contribution >= 4 is 40.4 Å². The number of fused-ring (bicyclic) bond motifs is 1. The normalized spacial score (nSPS) is 16.7. The van der Waals surface area contributed by atoms with Gasteiger partial charge in [-0.3, -0.25) is 24.0 Å². The van der Waals surface area contributed by atoms with Crippen LogP contribution in [-0.4, -0.2) is 66.8 Å². The maximum Gasteiger partial charge on any atom is 0.303 e. The summed E-state index contributed by atoms with van der Waals surface area (Å²) in [5.41, 5.74) is 0.964. The summed E-state index contributed by atoms with van der Waals surface area (Å²) in [5.74, 6) is -2.19. The van der Waals surface area contributed by atoms with Crippen molar-refractivity contribution in [3.63, 3.8) is 0 Å². The Morgan fingerprint density at radius 2 is 1.89 bits per heavy atom. The number of methoxy groups -OCH3 is 1. The summed E-state index contributed by atoms with van der Waals surface area (Å²) in [6.45, 7) is 4.97. The molecule has 200 valence electrons. The molecule has 3 amide bonds. The second-order valence-electron chi connectivity index (χ2n) is 9.58. The van der Waals surface area contributed by atoms with Crippen LogP contribution in [0, 0.1) is 11.8 Å². The summed E-state index contributed by atoms with van der Waals surface area (Å²) in [4.78, 5) is 65.5. The molecule has 1 fully saturated rings. The van der Waals surface area contributed by atoms with Crippen molar-refractivity contribution in [2.45, 2.75) is 52.1 Å². The second kappa shape index (κ2) is 12.4. The lowest BCUT2D eigenvalue weighted by atomic mass is 9.95. The van der Waals surface area contributed by atoms with Crippen LogP contribution < -0.4 is 20.7 Å². The van der Waals surface area contributed by atoms with Crippen molar-refractivity contribution in [3.05, 3.63) is 30.0 Å². The van der Waals surface area contributed by atoms with E-state index in [0.717, 1.165) is 5.39 Å². The number of H-pyrrole nitrogens is 1. The maximum absolute atomic E-state index is 13.3. The molecule has 0 aliphatic carbocycles. The first-order valence-electron chi connectivity index (χ1n) is 12.3. The fraction of sp³-hybridized carbons (Fsp3) is 0.500. The van der Waals surface area contributed by atoms with Gasteiger partial charge in [0.1, 0.15) is 17.5 Å². The molecule has 1 aliphatic rings.